The third-order valence-corrected chi connectivity index (χ3v) is 7.07. The molecular weight excluding hydrogens is 514 g/mol. The average Bonchev–Trinajstić information content (AvgIpc) is 3.09. The Bertz CT molecular complexity index is 1900. The Morgan fingerprint density at radius 3 is 1.38 bits per heavy atom. The lowest BCUT2D eigenvalue weighted by molar-refractivity contribution is 1.07. The minimum Gasteiger partial charge on any atom is -0.264 e. The van der Waals surface area contributed by atoms with E-state index in [4.69, 9.17) is 15.0 Å². The van der Waals surface area contributed by atoms with Crippen molar-refractivity contribution in [2.75, 3.05) is 0 Å². The van der Waals surface area contributed by atoms with Gasteiger partial charge in [0, 0.05) is 46.4 Å². The zero-order chi connectivity index (χ0) is 28.1. The van der Waals surface area contributed by atoms with Gasteiger partial charge in [-0.1, -0.05) is 103 Å². The van der Waals surface area contributed by atoms with Gasteiger partial charge in [0.05, 0.1) is 5.69 Å². The zero-order valence-corrected chi connectivity index (χ0v) is 22.7. The predicted octanol–water partition coefficient (Wildman–Crippen LogP) is 8.66. The quantitative estimate of drug-likeness (QED) is 0.212. The van der Waals surface area contributed by atoms with Gasteiger partial charge < -0.3 is 0 Å². The van der Waals surface area contributed by atoms with Gasteiger partial charge in [-0.3, -0.25) is 9.97 Å². The smallest absolute Gasteiger partial charge is 0.164 e. The van der Waals surface area contributed by atoms with Crippen LogP contribution < -0.4 is 0 Å². The Kier molecular flexibility index (Phi) is 6.81. The van der Waals surface area contributed by atoms with E-state index in [1.54, 1.807) is 6.20 Å². The fourth-order valence-electron chi connectivity index (χ4n) is 4.90. The highest BCUT2D eigenvalue weighted by atomic mass is 15.0. The minimum absolute atomic E-state index is 0.635. The molecule has 3 aromatic heterocycles. The van der Waals surface area contributed by atoms with E-state index in [9.17, 15) is 0 Å². The van der Waals surface area contributed by atoms with Gasteiger partial charge in [-0.25, -0.2) is 15.0 Å². The van der Waals surface area contributed by atoms with Gasteiger partial charge in [-0.15, -0.1) is 0 Å². The molecule has 0 bridgehead atoms. The average molecular weight is 540 g/mol. The Labute approximate surface area is 244 Å². The second kappa shape index (κ2) is 11.4. The molecular formula is C37H25N5. The standard InChI is InChI=1S/C37H25N5/c1-3-10-26(11-4-1)35-40-36(27-12-5-2-6-13-27)42-37(41-35)31-17-8-15-29(23-31)28-14-7-16-30(22-28)32-19-20-34(39-25-32)33-18-9-21-38-24-33/h1-25H. The highest BCUT2D eigenvalue weighted by molar-refractivity contribution is 5.77. The molecule has 0 aliphatic rings. The molecule has 198 valence electrons. The van der Waals surface area contributed by atoms with E-state index in [0.717, 1.165) is 50.2 Å². The normalized spacial score (nSPS) is 10.9. The summed E-state index contributed by atoms with van der Waals surface area (Å²) in [7, 11) is 0. The number of pyridine rings is 2. The monoisotopic (exact) mass is 539 g/mol. The second-order valence-electron chi connectivity index (χ2n) is 9.87. The van der Waals surface area contributed by atoms with E-state index in [-0.39, 0.29) is 0 Å². The first-order valence-corrected chi connectivity index (χ1v) is 13.7. The van der Waals surface area contributed by atoms with Crippen LogP contribution in [0.25, 0.3) is 67.7 Å². The van der Waals surface area contributed by atoms with Crippen LogP contribution in [-0.2, 0) is 0 Å². The molecule has 0 radical (unpaired) electrons. The van der Waals surface area contributed by atoms with Gasteiger partial charge in [0.25, 0.3) is 0 Å². The molecule has 4 aromatic carbocycles. The van der Waals surface area contributed by atoms with Crippen molar-refractivity contribution in [3.63, 3.8) is 0 Å². The fourth-order valence-corrected chi connectivity index (χ4v) is 4.90. The summed E-state index contributed by atoms with van der Waals surface area (Å²) >= 11 is 0. The van der Waals surface area contributed by atoms with Crippen molar-refractivity contribution < 1.29 is 0 Å². The Morgan fingerprint density at radius 1 is 0.333 bits per heavy atom. The first-order chi connectivity index (χ1) is 20.8. The van der Waals surface area contributed by atoms with Gasteiger partial charge in [-0.2, -0.15) is 0 Å². The van der Waals surface area contributed by atoms with Crippen molar-refractivity contribution in [3.05, 3.63) is 152 Å². The molecule has 0 unspecified atom stereocenters. The molecule has 0 saturated heterocycles. The van der Waals surface area contributed by atoms with Crippen molar-refractivity contribution in [2.24, 2.45) is 0 Å². The molecule has 0 aliphatic carbocycles. The number of aromatic nitrogens is 5. The lowest BCUT2D eigenvalue weighted by atomic mass is 9.98. The van der Waals surface area contributed by atoms with Crippen LogP contribution in [0.5, 0.6) is 0 Å². The van der Waals surface area contributed by atoms with E-state index in [1.807, 2.05) is 97.3 Å². The van der Waals surface area contributed by atoms with Gasteiger partial charge in [-0.05, 0) is 47.0 Å². The van der Waals surface area contributed by atoms with Gasteiger partial charge in [0.15, 0.2) is 17.5 Å². The van der Waals surface area contributed by atoms with Crippen molar-refractivity contribution >= 4 is 0 Å². The molecule has 42 heavy (non-hydrogen) atoms. The van der Waals surface area contributed by atoms with E-state index in [0.29, 0.717) is 17.5 Å². The molecule has 0 aliphatic heterocycles. The molecule has 7 rings (SSSR count). The third-order valence-electron chi connectivity index (χ3n) is 7.07. The largest absolute Gasteiger partial charge is 0.264 e. The summed E-state index contributed by atoms with van der Waals surface area (Å²) in [6.07, 6.45) is 5.51. The highest BCUT2D eigenvalue weighted by Gasteiger charge is 2.13. The van der Waals surface area contributed by atoms with E-state index < -0.39 is 0 Å². The number of hydrogen-bond acceptors (Lipinski definition) is 5. The van der Waals surface area contributed by atoms with E-state index in [1.165, 1.54) is 0 Å². The lowest BCUT2D eigenvalue weighted by Crippen LogP contribution is -2.00. The summed E-state index contributed by atoms with van der Waals surface area (Å²) in [5, 5.41) is 0. The summed E-state index contributed by atoms with van der Waals surface area (Å²) in [6.45, 7) is 0. The molecule has 0 fully saturated rings. The van der Waals surface area contributed by atoms with Gasteiger partial charge in [0.1, 0.15) is 0 Å². The minimum atomic E-state index is 0.635. The molecule has 0 spiro atoms. The predicted molar refractivity (Wildman–Crippen MR) is 168 cm³/mol. The van der Waals surface area contributed by atoms with Crippen LogP contribution in [-0.4, -0.2) is 24.9 Å². The zero-order valence-electron chi connectivity index (χ0n) is 22.7. The highest BCUT2D eigenvalue weighted by Crippen LogP contribution is 2.31. The SMILES string of the molecule is c1ccc(-c2nc(-c3ccccc3)nc(-c3cccc(-c4cccc(-c5ccc(-c6cccnc6)nc5)c4)c3)n2)cc1. The lowest BCUT2D eigenvalue weighted by Gasteiger charge is -2.10. The summed E-state index contributed by atoms with van der Waals surface area (Å²) in [5.74, 6) is 1.93. The Balaban J connectivity index is 1.25. The summed E-state index contributed by atoms with van der Waals surface area (Å²) < 4.78 is 0. The first kappa shape index (κ1) is 25.2. The van der Waals surface area contributed by atoms with Gasteiger partial charge >= 0.3 is 0 Å². The molecule has 0 N–H and O–H groups in total. The van der Waals surface area contributed by atoms with Crippen LogP contribution in [0, 0.1) is 0 Å². The number of nitrogens with zero attached hydrogens (tertiary/aromatic N) is 5. The molecule has 7 aromatic rings. The number of benzene rings is 4. The number of hydrogen-bond donors (Lipinski definition) is 0. The summed E-state index contributed by atoms with van der Waals surface area (Å²) in [6, 6.07) is 45.0. The fraction of sp³-hybridized carbons (Fsp3) is 0. The number of rotatable bonds is 6. The van der Waals surface area contributed by atoms with Crippen molar-refractivity contribution in [2.45, 2.75) is 0 Å². The third kappa shape index (κ3) is 5.31. The van der Waals surface area contributed by atoms with Crippen molar-refractivity contribution in [3.8, 4) is 67.7 Å². The van der Waals surface area contributed by atoms with Crippen LogP contribution >= 0.6 is 0 Å². The molecule has 0 atom stereocenters. The Hall–Kier alpha value is -5.81. The molecule has 0 saturated carbocycles. The summed E-state index contributed by atoms with van der Waals surface area (Å²) in [5.41, 5.74) is 9.06. The maximum absolute atomic E-state index is 4.90. The van der Waals surface area contributed by atoms with Crippen LogP contribution in [0.3, 0.4) is 0 Å². The van der Waals surface area contributed by atoms with Crippen molar-refractivity contribution in [1.29, 1.82) is 0 Å². The topological polar surface area (TPSA) is 64.5 Å². The molecule has 5 nitrogen and oxygen atoms in total. The Morgan fingerprint density at radius 2 is 0.833 bits per heavy atom. The van der Waals surface area contributed by atoms with Crippen molar-refractivity contribution in [1.82, 2.24) is 24.9 Å². The maximum atomic E-state index is 4.90. The van der Waals surface area contributed by atoms with Gasteiger partial charge in [0.2, 0.25) is 0 Å². The maximum Gasteiger partial charge on any atom is 0.164 e. The van der Waals surface area contributed by atoms with E-state index in [2.05, 4.69) is 58.5 Å². The van der Waals surface area contributed by atoms with Crippen LogP contribution in [0.2, 0.25) is 0 Å². The molecule has 0 amide bonds. The second-order valence-corrected chi connectivity index (χ2v) is 9.87. The van der Waals surface area contributed by atoms with E-state index >= 15 is 0 Å². The van der Waals surface area contributed by atoms with Crippen LogP contribution in [0.1, 0.15) is 0 Å². The summed E-state index contributed by atoms with van der Waals surface area (Å²) in [4.78, 5) is 23.5. The molecule has 5 heteroatoms. The first-order valence-electron chi connectivity index (χ1n) is 13.7. The van der Waals surface area contributed by atoms with Crippen LogP contribution in [0.4, 0.5) is 0 Å². The van der Waals surface area contributed by atoms with Crippen LogP contribution in [0.15, 0.2) is 152 Å². The molecule has 3 heterocycles.